The van der Waals surface area contributed by atoms with Crippen LogP contribution in [0.2, 0.25) is 0 Å². The summed E-state index contributed by atoms with van der Waals surface area (Å²) in [7, 11) is 0. The van der Waals surface area contributed by atoms with Crippen LogP contribution >= 0.6 is 0 Å². The third-order valence-corrected chi connectivity index (χ3v) is 3.84. The van der Waals surface area contributed by atoms with E-state index in [1.54, 1.807) is 0 Å². The van der Waals surface area contributed by atoms with E-state index in [4.69, 9.17) is 5.73 Å². The predicted molar refractivity (Wildman–Crippen MR) is 88.4 cm³/mol. The highest BCUT2D eigenvalue weighted by atomic mass is 14.6. The van der Waals surface area contributed by atoms with Crippen molar-refractivity contribution in [1.82, 2.24) is 0 Å². The summed E-state index contributed by atoms with van der Waals surface area (Å²) in [5, 5.41) is 0. The molecule has 0 aromatic carbocycles. The molecule has 0 heterocycles. The lowest BCUT2D eigenvalue weighted by Crippen LogP contribution is -2.24. The smallest absolute Gasteiger partial charge is 0.00413 e. The SMILES string of the molecule is CCCCCCCCCC(N)CC(C)CC(C)(C)C. The summed E-state index contributed by atoms with van der Waals surface area (Å²) in [5.74, 6) is 0.763. The lowest BCUT2D eigenvalue weighted by atomic mass is 9.82. The Hall–Kier alpha value is -0.0400. The molecule has 116 valence electrons. The van der Waals surface area contributed by atoms with E-state index in [0.29, 0.717) is 11.5 Å². The Labute approximate surface area is 122 Å². The van der Waals surface area contributed by atoms with Gasteiger partial charge in [-0.15, -0.1) is 0 Å². The van der Waals surface area contributed by atoms with Gasteiger partial charge in [-0.2, -0.15) is 0 Å². The van der Waals surface area contributed by atoms with Crippen molar-refractivity contribution < 1.29 is 0 Å². The van der Waals surface area contributed by atoms with Crippen molar-refractivity contribution in [1.29, 1.82) is 0 Å². The molecule has 0 radical (unpaired) electrons. The Balaban J connectivity index is 3.46. The molecule has 1 heteroatoms. The minimum Gasteiger partial charge on any atom is -0.328 e. The summed E-state index contributed by atoms with van der Waals surface area (Å²) in [6, 6.07) is 0.424. The van der Waals surface area contributed by atoms with Crippen LogP contribution in [-0.2, 0) is 0 Å². The van der Waals surface area contributed by atoms with Gasteiger partial charge in [0.15, 0.2) is 0 Å². The first kappa shape index (κ1) is 19.0. The molecule has 0 amide bonds. The molecule has 0 rings (SSSR count). The molecule has 2 atom stereocenters. The summed E-state index contributed by atoms with van der Waals surface area (Å²) in [5.41, 5.74) is 6.70. The van der Waals surface area contributed by atoms with Crippen molar-refractivity contribution in [2.45, 2.75) is 105 Å². The Kier molecular flexibility index (Phi) is 10.7. The van der Waals surface area contributed by atoms with Gasteiger partial charge in [-0.25, -0.2) is 0 Å². The van der Waals surface area contributed by atoms with Gasteiger partial charge in [0.2, 0.25) is 0 Å². The standard InChI is InChI=1S/C18H39N/c1-6-7-8-9-10-11-12-13-17(19)14-16(2)15-18(3,4)5/h16-17H,6-15,19H2,1-5H3. The normalized spacial score (nSPS) is 15.5. The highest BCUT2D eigenvalue weighted by Crippen LogP contribution is 2.27. The van der Waals surface area contributed by atoms with Crippen LogP contribution in [0.15, 0.2) is 0 Å². The van der Waals surface area contributed by atoms with E-state index in [9.17, 15) is 0 Å². The van der Waals surface area contributed by atoms with E-state index in [0.717, 1.165) is 5.92 Å². The van der Waals surface area contributed by atoms with E-state index in [1.807, 2.05) is 0 Å². The summed E-state index contributed by atoms with van der Waals surface area (Å²) < 4.78 is 0. The van der Waals surface area contributed by atoms with Gasteiger partial charge in [0.25, 0.3) is 0 Å². The fourth-order valence-electron chi connectivity index (χ4n) is 3.13. The minimum absolute atomic E-state index is 0.424. The third-order valence-electron chi connectivity index (χ3n) is 3.84. The highest BCUT2D eigenvalue weighted by molar-refractivity contribution is 4.71. The Bertz CT molecular complexity index is 192. The predicted octanol–water partition coefficient (Wildman–Crippen LogP) is 5.92. The molecule has 2 N–H and O–H groups in total. The Morgan fingerprint density at radius 1 is 0.895 bits per heavy atom. The summed E-state index contributed by atoms with van der Waals surface area (Å²) in [4.78, 5) is 0. The number of hydrogen-bond donors (Lipinski definition) is 1. The van der Waals surface area contributed by atoms with Crippen molar-refractivity contribution in [2.75, 3.05) is 0 Å². The second-order valence-corrected chi connectivity index (χ2v) is 7.78. The van der Waals surface area contributed by atoms with E-state index in [-0.39, 0.29) is 0 Å². The topological polar surface area (TPSA) is 26.0 Å². The van der Waals surface area contributed by atoms with Gasteiger partial charge < -0.3 is 5.73 Å². The van der Waals surface area contributed by atoms with Crippen molar-refractivity contribution in [3.63, 3.8) is 0 Å². The van der Waals surface area contributed by atoms with Crippen molar-refractivity contribution in [2.24, 2.45) is 17.1 Å². The molecule has 1 nitrogen and oxygen atoms in total. The van der Waals surface area contributed by atoms with Gasteiger partial charge in [0.1, 0.15) is 0 Å². The zero-order valence-corrected chi connectivity index (χ0v) is 14.3. The molecule has 0 fully saturated rings. The minimum atomic E-state index is 0.424. The van der Waals surface area contributed by atoms with E-state index in [1.165, 1.54) is 64.2 Å². The molecule has 2 unspecified atom stereocenters. The first-order valence-electron chi connectivity index (χ1n) is 8.60. The van der Waals surface area contributed by atoms with Gasteiger partial charge in [-0.1, -0.05) is 79.6 Å². The maximum Gasteiger partial charge on any atom is 0.00413 e. The molecule has 0 aromatic heterocycles. The van der Waals surface area contributed by atoms with E-state index < -0.39 is 0 Å². The molecular weight excluding hydrogens is 230 g/mol. The number of rotatable bonds is 11. The summed E-state index contributed by atoms with van der Waals surface area (Å²) in [6.07, 6.45) is 13.4. The van der Waals surface area contributed by atoms with Crippen LogP contribution in [0.4, 0.5) is 0 Å². The Morgan fingerprint density at radius 2 is 1.42 bits per heavy atom. The molecule has 0 aliphatic heterocycles. The summed E-state index contributed by atoms with van der Waals surface area (Å²) in [6.45, 7) is 11.6. The maximum atomic E-state index is 6.26. The van der Waals surface area contributed by atoms with Crippen LogP contribution in [0.25, 0.3) is 0 Å². The average Bonchev–Trinajstić information content (AvgIpc) is 2.25. The lowest BCUT2D eigenvalue weighted by Gasteiger charge is -2.25. The molecular formula is C18H39N. The molecule has 19 heavy (non-hydrogen) atoms. The monoisotopic (exact) mass is 269 g/mol. The molecule has 0 aliphatic carbocycles. The largest absolute Gasteiger partial charge is 0.328 e. The van der Waals surface area contributed by atoms with E-state index in [2.05, 4.69) is 34.6 Å². The first-order valence-corrected chi connectivity index (χ1v) is 8.60. The fraction of sp³-hybridized carbons (Fsp3) is 1.00. The zero-order chi connectivity index (χ0) is 14.7. The molecule has 0 saturated carbocycles. The Morgan fingerprint density at radius 3 is 1.95 bits per heavy atom. The van der Waals surface area contributed by atoms with Crippen molar-refractivity contribution >= 4 is 0 Å². The molecule has 0 bridgehead atoms. The summed E-state index contributed by atoms with van der Waals surface area (Å²) >= 11 is 0. The second kappa shape index (κ2) is 10.7. The van der Waals surface area contributed by atoms with Gasteiger partial charge in [0.05, 0.1) is 0 Å². The first-order chi connectivity index (χ1) is 8.85. The number of hydrogen-bond acceptors (Lipinski definition) is 1. The molecule has 0 aromatic rings. The highest BCUT2D eigenvalue weighted by Gasteiger charge is 2.17. The van der Waals surface area contributed by atoms with Gasteiger partial charge >= 0.3 is 0 Å². The van der Waals surface area contributed by atoms with Gasteiger partial charge in [-0.3, -0.25) is 0 Å². The van der Waals surface area contributed by atoms with Crippen LogP contribution < -0.4 is 5.73 Å². The van der Waals surface area contributed by atoms with Gasteiger partial charge in [0, 0.05) is 6.04 Å². The second-order valence-electron chi connectivity index (χ2n) is 7.78. The van der Waals surface area contributed by atoms with Crippen LogP contribution in [-0.4, -0.2) is 6.04 Å². The van der Waals surface area contributed by atoms with Crippen LogP contribution in [0, 0.1) is 11.3 Å². The lowest BCUT2D eigenvalue weighted by molar-refractivity contribution is 0.281. The van der Waals surface area contributed by atoms with E-state index >= 15 is 0 Å². The van der Waals surface area contributed by atoms with Gasteiger partial charge in [-0.05, 0) is 30.6 Å². The van der Waals surface area contributed by atoms with Crippen molar-refractivity contribution in [3.05, 3.63) is 0 Å². The quantitative estimate of drug-likeness (QED) is 0.463. The van der Waals surface area contributed by atoms with Crippen LogP contribution in [0.5, 0.6) is 0 Å². The van der Waals surface area contributed by atoms with Crippen LogP contribution in [0.3, 0.4) is 0 Å². The number of unbranched alkanes of at least 4 members (excludes halogenated alkanes) is 6. The fourth-order valence-corrected chi connectivity index (χ4v) is 3.13. The molecule has 0 saturated heterocycles. The van der Waals surface area contributed by atoms with Crippen LogP contribution in [0.1, 0.15) is 98.8 Å². The molecule has 0 aliphatic rings. The third kappa shape index (κ3) is 14.2. The molecule has 0 spiro atoms. The van der Waals surface area contributed by atoms with Crippen molar-refractivity contribution in [3.8, 4) is 0 Å². The number of nitrogens with two attached hydrogens (primary N) is 1. The average molecular weight is 270 g/mol. The maximum absolute atomic E-state index is 6.26. The zero-order valence-electron chi connectivity index (χ0n) is 14.3.